The van der Waals surface area contributed by atoms with E-state index in [-0.39, 0.29) is 6.10 Å². The van der Waals surface area contributed by atoms with Crippen molar-refractivity contribution in [2.45, 2.75) is 53.0 Å². The number of nitrogens with one attached hydrogen (secondary N) is 1. The second-order valence-electron chi connectivity index (χ2n) is 4.91. The third-order valence-electron chi connectivity index (χ3n) is 2.68. The van der Waals surface area contributed by atoms with Crippen LogP contribution in [0.25, 0.3) is 0 Å². The molecule has 0 aromatic carbocycles. The number of thiophene rings is 1. The van der Waals surface area contributed by atoms with Crippen LogP contribution in [0.2, 0.25) is 0 Å². The van der Waals surface area contributed by atoms with Crippen LogP contribution in [0.3, 0.4) is 0 Å². The fraction of sp³-hybridized carbons (Fsp3) is 0.714. The Balaban J connectivity index is 2.46. The summed E-state index contributed by atoms with van der Waals surface area (Å²) in [5.74, 6) is 0. The minimum atomic E-state index is 0.145. The van der Waals surface area contributed by atoms with E-state index < -0.39 is 0 Å². The SMILES string of the molecule is COCC(C)OCc1cc(CNC(C)C)sc1C. The predicted molar refractivity (Wildman–Crippen MR) is 77.2 cm³/mol. The van der Waals surface area contributed by atoms with Gasteiger partial charge in [-0.1, -0.05) is 13.8 Å². The summed E-state index contributed by atoms with van der Waals surface area (Å²) in [5.41, 5.74) is 1.29. The Hall–Kier alpha value is -0.420. The molecule has 1 aromatic rings. The van der Waals surface area contributed by atoms with Crippen molar-refractivity contribution in [2.24, 2.45) is 0 Å². The molecule has 0 aliphatic heterocycles. The number of ether oxygens (including phenoxy) is 2. The molecule has 1 aromatic heterocycles. The Morgan fingerprint density at radius 2 is 2.06 bits per heavy atom. The number of methoxy groups -OCH3 is 1. The molecular weight excluding hydrogens is 246 g/mol. The molecule has 0 amide bonds. The van der Waals surface area contributed by atoms with Crippen molar-refractivity contribution in [3.63, 3.8) is 0 Å². The van der Waals surface area contributed by atoms with E-state index in [1.54, 1.807) is 7.11 Å². The van der Waals surface area contributed by atoms with Gasteiger partial charge in [-0.25, -0.2) is 0 Å². The highest BCUT2D eigenvalue weighted by atomic mass is 32.1. The van der Waals surface area contributed by atoms with Crippen LogP contribution < -0.4 is 5.32 Å². The molecule has 4 heteroatoms. The molecule has 0 aliphatic rings. The maximum Gasteiger partial charge on any atom is 0.0784 e. The fourth-order valence-corrected chi connectivity index (χ4v) is 2.64. The molecule has 0 aliphatic carbocycles. The van der Waals surface area contributed by atoms with E-state index >= 15 is 0 Å². The number of hydrogen-bond donors (Lipinski definition) is 1. The van der Waals surface area contributed by atoms with Crippen molar-refractivity contribution in [3.05, 3.63) is 21.4 Å². The van der Waals surface area contributed by atoms with E-state index in [0.29, 0.717) is 19.3 Å². The second-order valence-corrected chi connectivity index (χ2v) is 6.25. The van der Waals surface area contributed by atoms with Crippen molar-refractivity contribution in [2.75, 3.05) is 13.7 Å². The van der Waals surface area contributed by atoms with Gasteiger partial charge in [0.25, 0.3) is 0 Å². The first-order valence-electron chi connectivity index (χ1n) is 6.45. The van der Waals surface area contributed by atoms with Crippen LogP contribution in [-0.4, -0.2) is 25.9 Å². The molecule has 0 saturated heterocycles. The smallest absolute Gasteiger partial charge is 0.0784 e. The van der Waals surface area contributed by atoms with Gasteiger partial charge in [-0.05, 0) is 25.5 Å². The van der Waals surface area contributed by atoms with Crippen LogP contribution >= 0.6 is 11.3 Å². The zero-order chi connectivity index (χ0) is 13.5. The number of rotatable bonds is 8. The minimum absolute atomic E-state index is 0.145. The molecule has 1 unspecified atom stereocenters. The lowest BCUT2D eigenvalue weighted by Gasteiger charge is -2.11. The van der Waals surface area contributed by atoms with Crippen molar-refractivity contribution in [1.82, 2.24) is 5.32 Å². The van der Waals surface area contributed by atoms with Gasteiger partial charge in [-0.3, -0.25) is 0 Å². The monoisotopic (exact) mass is 271 g/mol. The van der Waals surface area contributed by atoms with Crippen molar-refractivity contribution < 1.29 is 9.47 Å². The van der Waals surface area contributed by atoms with Gasteiger partial charge < -0.3 is 14.8 Å². The van der Waals surface area contributed by atoms with Gasteiger partial charge in [-0.2, -0.15) is 0 Å². The Morgan fingerprint density at radius 1 is 1.33 bits per heavy atom. The molecule has 1 rings (SSSR count). The van der Waals surface area contributed by atoms with E-state index in [1.807, 2.05) is 18.3 Å². The molecule has 0 radical (unpaired) electrons. The lowest BCUT2D eigenvalue weighted by Crippen LogP contribution is -2.21. The van der Waals surface area contributed by atoms with E-state index in [2.05, 4.69) is 32.2 Å². The molecule has 1 heterocycles. The average molecular weight is 271 g/mol. The largest absolute Gasteiger partial charge is 0.382 e. The molecule has 0 saturated carbocycles. The molecule has 104 valence electrons. The molecule has 0 spiro atoms. The maximum atomic E-state index is 5.75. The van der Waals surface area contributed by atoms with Gasteiger partial charge >= 0.3 is 0 Å². The normalized spacial score (nSPS) is 13.2. The summed E-state index contributed by atoms with van der Waals surface area (Å²) >= 11 is 1.85. The number of aryl methyl sites for hydroxylation is 1. The molecule has 3 nitrogen and oxygen atoms in total. The molecule has 1 N–H and O–H groups in total. The molecule has 0 bridgehead atoms. The van der Waals surface area contributed by atoms with Crippen LogP contribution in [0, 0.1) is 6.92 Å². The van der Waals surface area contributed by atoms with Gasteiger partial charge in [0.05, 0.1) is 19.3 Å². The maximum absolute atomic E-state index is 5.75. The second kappa shape index (κ2) is 7.89. The van der Waals surface area contributed by atoms with Gasteiger partial charge in [0.2, 0.25) is 0 Å². The van der Waals surface area contributed by atoms with Gasteiger partial charge in [0.15, 0.2) is 0 Å². The summed E-state index contributed by atoms with van der Waals surface area (Å²) in [6.45, 7) is 10.8. The Labute approximate surface area is 114 Å². The molecule has 18 heavy (non-hydrogen) atoms. The van der Waals surface area contributed by atoms with Gasteiger partial charge in [-0.15, -0.1) is 11.3 Å². The lowest BCUT2D eigenvalue weighted by molar-refractivity contribution is -0.000171. The number of hydrogen-bond acceptors (Lipinski definition) is 4. The molecule has 1 atom stereocenters. The van der Waals surface area contributed by atoms with Crippen LogP contribution in [-0.2, 0) is 22.6 Å². The summed E-state index contributed by atoms with van der Waals surface area (Å²) in [6.07, 6.45) is 0.145. The van der Waals surface area contributed by atoms with Gasteiger partial charge in [0.1, 0.15) is 0 Å². The molecular formula is C14H25NO2S. The van der Waals surface area contributed by atoms with Crippen molar-refractivity contribution >= 4 is 11.3 Å². The van der Waals surface area contributed by atoms with Crippen LogP contribution in [0.1, 0.15) is 36.1 Å². The Kier molecular flexibility index (Phi) is 6.86. The van der Waals surface area contributed by atoms with Crippen LogP contribution in [0.4, 0.5) is 0 Å². The topological polar surface area (TPSA) is 30.5 Å². The summed E-state index contributed by atoms with van der Waals surface area (Å²) in [4.78, 5) is 2.72. The van der Waals surface area contributed by atoms with Crippen molar-refractivity contribution in [1.29, 1.82) is 0 Å². The Morgan fingerprint density at radius 3 is 2.67 bits per heavy atom. The third-order valence-corrected chi connectivity index (χ3v) is 3.77. The van der Waals surface area contributed by atoms with Gasteiger partial charge in [0, 0.05) is 29.5 Å². The quantitative estimate of drug-likeness (QED) is 0.788. The van der Waals surface area contributed by atoms with E-state index in [1.165, 1.54) is 15.3 Å². The van der Waals surface area contributed by atoms with Crippen LogP contribution in [0.15, 0.2) is 6.07 Å². The van der Waals surface area contributed by atoms with E-state index in [9.17, 15) is 0 Å². The Bertz CT molecular complexity index is 350. The average Bonchev–Trinajstić information content (AvgIpc) is 2.65. The first-order chi connectivity index (χ1) is 8.52. The fourth-order valence-electron chi connectivity index (χ4n) is 1.64. The van der Waals surface area contributed by atoms with E-state index in [4.69, 9.17) is 9.47 Å². The summed E-state index contributed by atoms with van der Waals surface area (Å²) in [5, 5.41) is 3.44. The summed E-state index contributed by atoms with van der Waals surface area (Å²) in [7, 11) is 1.70. The summed E-state index contributed by atoms with van der Waals surface area (Å²) in [6, 6.07) is 2.77. The molecule has 0 fully saturated rings. The van der Waals surface area contributed by atoms with Crippen molar-refractivity contribution in [3.8, 4) is 0 Å². The third kappa shape index (κ3) is 5.48. The van der Waals surface area contributed by atoms with E-state index in [0.717, 1.165) is 6.54 Å². The lowest BCUT2D eigenvalue weighted by atomic mass is 10.2. The first kappa shape index (κ1) is 15.6. The zero-order valence-corrected chi connectivity index (χ0v) is 12.9. The minimum Gasteiger partial charge on any atom is -0.382 e. The van der Waals surface area contributed by atoms with Crippen LogP contribution in [0.5, 0.6) is 0 Å². The first-order valence-corrected chi connectivity index (χ1v) is 7.26. The predicted octanol–water partition coefficient (Wildman–Crippen LogP) is 3.11. The highest BCUT2D eigenvalue weighted by molar-refractivity contribution is 7.12. The zero-order valence-electron chi connectivity index (χ0n) is 12.1. The highest BCUT2D eigenvalue weighted by Crippen LogP contribution is 2.22. The summed E-state index contributed by atoms with van der Waals surface area (Å²) < 4.78 is 10.8. The highest BCUT2D eigenvalue weighted by Gasteiger charge is 2.08. The standard InChI is InChI=1S/C14H25NO2S/c1-10(2)15-7-14-6-13(12(4)18-14)9-17-11(3)8-16-5/h6,10-11,15H,7-9H2,1-5H3.